The smallest absolute Gasteiger partial charge is 0.0827 e. The van der Waals surface area contributed by atoms with Crippen molar-refractivity contribution < 1.29 is 10.2 Å². The third-order valence-electron chi connectivity index (χ3n) is 3.98. The second-order valence-corrected chi connectivity index (χ2v) is 6.17. The van der Waals surface area contributed by atoms with E-state index in [-0.39, 0.29) is 5.92 Å². The van der Waals surface area contributed by atoms with E-state index in [4.69, 9.17) is 0 Å². The summed E-state index contributed by atoms with van der Waals surface area (Å²) in [7, 11) is 0. The number of piperidine rings is 1. The number of rotatable bonds is 4. The molecule has 0 bridgehead atoms. The molecule has 1 aromatic rings. The molecule has 1 saturated heterocycles. The Morgan fingerprint density at radius 1 is 1.32 bits per heavy atom. The molecule has 3 unspecified atom stereocenters. The minimum Gasteiger partial charge on any atom is -0.389 e. The van der Waals surface area contributed by atoms with Crippen molar-refractivity contribution in [2.75, 3.05) is 19.6 Å². The second kappa shape index (κ2) is 6.04. The van der Waals surface area contributed by atoms with Gasteiger partial charge in [0.25, 0.3) is 0 Å². The molecule has 0 aromatic heterocycles. The van der Waals surface area contributed by atoms with Crippen molar-refractivity contribution in [2.45, 2.75) is 38.4 Å². The van der Waals surface area contributed by atoms with Gasteiger partial charge < -0.3 is 15.1 Å². The zero-order chi connectivity index (χ0) is 13.9. The lowest BCUT2D eigenvalue weighted by molar-refractivity contribution is -0.0268. The number of hydrogen-bond acceptors (Lipinski definition) is 3. The highest BCUT2D eigenvalue weighted by Crippen LogP contribution is 2.25. The fourth-order valence-electron chi connectivity index (χ4n) is 2.97. The monoisotopic (exact) mass is 263 g/mol. The lowest BCUT2D eigenvalue weighted by Gasteiger charge is -2.38. The predicted octanol–water partition coefficient (Wildman–Crippen LogP) is 2.20. The van der Waals surface area contributed by atoms with Crippen LogP contribution in [0.2, 0.25) is 0 Å². The maximum atomic E-state index is 10.4. The molecule has 0 amide bonds. The summed E-state index contributed by atoms with van der Waals surface area (Å²) in [4.78, 5) is 2.26. The third kappa shape index (κ3) is 4.03. The molecule has 2 rings (SSSR count). The van der Waals surface area contributed by atoms with Crippen LogP contribution in [0.25, 0.3) is 0 Å². The molecule has 1 heterocycles. The first-order valence-electron chi connectivity index (χ1n) is 7.16. The highest BCUT2D eigenvalue weighted by Gasteiger charge is 2.30. The normalized spacial score (nSPS) is 28.0. The van der Waals surface area contributed by atoms with Crippen molar-refractivity contribution in [2.24, 2.45) is 5.92 Å². The van der Waals surface area contributed by atoms with Crippen molar-refractivity contribution in [3.8, 4) is 0 Å². The van der Waals surface area contributed by atoms with Crippen molar-refractivity contribution in [1.29, 1.82) is 0 Å². The minimum absolute atomic E-state index is 0.163. The van der Waals surface area contributed by atoms with E-state index in [1.54, 1.807) is 0 Å². The summed E-state index contributed by atoms with van der Waals surface area (Å²) >= 11 is 0. The van der Waals surface area contributed by atoms with Gasteiger partial charge >= 0.3 is 0 Å². The highest BCUT2D eigenvalue weighted by molar-refractivity contribution is 5.17. The van der Waals surface area contributed by atoms with E-state index in [0.717, 1.165) is 31.5 Å². The van der Waals surface area contributed by atoms with E-state index < -0.39 is 11.7 Å². The molecule has 1 aromatic carbocycles. The standard InChI is InChI=1S/C16H25NO2/c1-13(15(18)14-7-4-3-5-8-14)11-17-10-6-9-16(2,19)12-17/h3-5,7-8,13,15,18-19H,6,9-12H2,1-2H3. The number of aliphatic hydroxyl groups excluding tert-OH is 1. The SMILES string of the molecule is CC(CN1CCCC(C)(O)C1)C(O)c1ccccc1. The van der Waals surface area contributed by atoms with Gasteiger partial charge in [-0.15, -0.1) is 0 Å². The van der Waals surface area contributed by atoms with Crippen LogP contribution < -0.4 is 0 Å². The number of benzene rings is 1. The Kier molecular flexibility index (Phi) is 4.61. The van der Waals surface area contributed by atoms with E-state index >= 15 is 0 Å². The molecule has 0 radical (unpaired) electrons. The van der Waals surface area contributed by atoms with Gasteiger partial charge in [-0.2, -0.15) is 0 Å². The van der Waals surface area contributed by atoms with E-state index in [0.29, 0.717) is 6.54 Å². The van der Waals surface area contributed by atoms with Gasteiger partial charge in [-0.05, 0) is 37.8 Å². The van der Waals surface area contributed by atoms with Gasteiger partial charge in [-0.1, -0.05) is 37.3 Å². The number of likely N-dealkylation sites (tertiary alicyclic amines) is 1. The molecule has 1 aliphatic heterocycles. The minimum atomic E-state index is -0.574. The summed E-state index contributed by atoms with van der Waals surface area (Å²) in [5, 5.41) is 20.5. The molecule has 3 heteroatoms. The number of nitrogens with zero attached hydrogens (tertiary/aromatic N) is 1. The molecule has 3 nitrogen and oxygen atoms in total. The molecule has 2 N–H and O–H groups in total. The molecular formula is C16H25NO2. The summed E-state index contributed by atoms with van der Waals surface area (Å²) in [5.41, 5.74) is 0.397. The summed E-state index contributed by atoms with van der Waals surface area (Å²) < 4.78 is 0. The number of β-amino-alcohol motifs (C(OH)–C–C–N with tert-alkyl or cyclic N) is 1. The van der Waals surface area contributed by atoms with Crippen LogP contribution in [-0.2, 0) is 0 Å². The van der Waals surface area contributed by atoms with Crippen LogP contribution in [-0.4, -0.2) is 40.3 Å². The van der Waals surface area contributed by atoms with Crippen LogP contribution in [0, 0.1) is 5.92 Å². The Bertz CT molecular complexity index is 391. The van der Waals surface area contributed by atoms with E-state index in [9.17, 15) is 10.2 Å². The van der Waals surface area contributed by atoms with Crippen molar-refractivity contribution in [3.05, 3.63) is 35.9 Å². The first kappa shape index (κ1) is 14.5. The van der Waals surface area contributed by atoms with E-state index in [1.807, 2.05) is 37.3 Å². The lowest BCUT2D eigenvalue weighted by atomic mass is 9.92. The Balaban J connectivity index is 1.92. The predicted molar refractivity (Wildman–Crippen MR) is 76.9 cm³/mol. The van der Waals surface area contributed by atoms with E-state index in [1.165, 1.54) is 0 Å². The molecule has 0 saturated carbocycles. The third-order valence-corrected chi connectivity index (χ3v) is 3.98. The number of aliphatic hydroxyl groups is 2. The molecule has 1 fully saturated rings. The zero-order valence-electron chi connectivity index (χ0n) is 11.9. The Labute approximate surface area is 115 Å². The molecule has 3 atom stereocenters. The van der Waals surface area contributed by atoms with Gasteiger partial charge in [0, 0.05) is 13.1 Å². The molecule has 0 spiro atoms. The molecule has 19 heavy (non-hydrogen) atoms. The highest BCUT2D eigenvalue weighted by atomic mass is 16.3. The summed E-state index contributed by atoms with van der Waals surface area (Å²) in [6, 6.07) is 9.80. The zero-order valence-corrected chi connectivity index (χ0v) is 11.9. The fraction of sp³-hybridized carbons (Fsp3) is 0.625. The Morgan fingerprint density at radius 3 is 2.63 bits per heavy atom. The summed E-state index contributed by atoms with van der Waals surface area (Å²) in [5.74, 6) is 0.163. The fourth-order valence-corrected chi connectivity index (χ4v) is 2.97. The number of hydrogen-bond donors (Lipinski definition) is 2. The van der Waals surface area contributed by atoms with Gasteiger partial charge in [0.15, 0.2) is 0 Å². The molecule has 0 aliphatic carbocycles. The van der Waals surface area contributed by atoms with Crippen LogP contribution in [0.5, 0.6) is 0 Å². The first-order chi connectivity index (χ1) is 8.98. The van der Waals surface area contributed by atoms with Crippen molar-refractivity contribution in [1.82, 2.24) is 4.90 Å². The van der Waals surface area contributed by atoms with Gasteiger partial charge in [0.05, 0.1) is 11.7 Å². The maximum absolute atomic E-state index is 10.4. The van der Waals surface area contributed by atoms with Crippen LogP contribution in [0.4, 0.5) is 0 Å². The Morgan fingerprint density at radius 2 is 2.00 bits per heavy atom. The quantitative estimate of drug-likeness (QED) is 0.875. The van der Waals surface area contributed by atoms with Crippen molar-refractivity contribution >= 4 is 0 Å². The molecular weight excluding hydrogens is 238 g/mol. The van der Waals surface area contributed by atoms with Gasteiger partial charge in [0.2, 0.25) is 0 Å². The average Bonchev–Trinajstić information content (AvgIpc) is 2.37. The van der Waals surface area contributed by atoms with Crippen molar-refractivity contribution in [3.63, 3.8) is 0 Å². The largest absolute Gasteiger partial charge is 0.389 e. The molecule has 1 aliphatic rings. The average molecular weight is 263 g/mol. The summed E-state index contributed by atoms with van der Waals surface area (Å²) in [6.45, 7) is 6.52. The van der Waals surface area contributed by atoms with Crippen LogP contribution >= 0.6 is 0 Å². The van der Waals surface area contributed by atoms with E-state index in [2.05, 4.69) is 11.8 Å². The van der Waals surface area contributed by atoms with Gasteiger partial charge in [-0.3, -0.25) is 0 Å². The topological polar surface area (TPSA) is 43.7 Å². The van der Waals surface area contributed by atoms with Crippen LogP contribution in [0.1, 0.15) is 38.4 Å². The lowest BCUT2D eigenvalue weighted by Crippen LogP contribution is -2.47. The van der Waals surface area contributed by atoms with Gasteiger partial charge in [0.1, 0.15) is 0 Å². The van der Waals surface area contributed by atoms with Crippen LogP contribution in [0.3, 0.4) is 0 Å². The second-order valence-electron chi connectivity index (χ2n) is 6.17. The summed E-state index contributed by atoms with van der Waals surface area (Å²) in [6.07, 6.45) is 1.47. The molecule has 106 valence electrons. The van der Waals surface area contributed by atoms with Gasteiger partial charge in [-0.25, -0.2) is 0 Å². The maximum Gasteiger partial charge on any atom is 0.0827 e. The Hall–Kier alpha value is -0.900. The first-order valence-corrected chi connectivity index (χ1v) is 7.16. The van der Waals surface area contributed by atoms with Crippen LogP contribution in [0.15, 0.2) is 30.3 Å².